The summed E-state index contributed by atoms with van der Waals surface area (Å²) in [7, 11) is 0. The van der Waals surface area contributed by atoms with Gasteiger partial charge < -0.3 is 14.9 Å². The molecule has 17 heavy (non-hydrogen) atoms. The van der Waals surface area contributed by atoms with Gasteiger partial charge in [0.05, 0.1) is 11.1 Å². The third kappa shape index (κ3) is 3.95. The quantitative estimate of drug-likeness (QED) is 0.607. The Labute approximate surface area is 106 Å². The molecule has 1 aromatic rings. The second-order valence-corrected chi connectivity index (χ2v) is 4.06. The van der Waals surface area contributed by atoms with Gasteiger partial charge in [-0.25, -0.2) is 0 Å². The third-order valence-electron chi connectivity index (χ3n) is 2.02. The molecule has 0 aromatic heterocycles. The first kappa shape index (κ1) is 13.9. The first-order valence-electron chi connectivity index (χ1n) is 4.88. The average Bonchev–Trinajstić information content (AvgIpc) is 2.26. The van der Waals surface area contributed by atoms with E-state index < -0.39 is 17.6 Å². The van der Waals surface area contributed by atoms with Gasteiger partial charge in [0.1, 0.15) is 18.5 Å². The van der Waals surface area contributed by atoms with E-state index in [0.717, 1.165) is 0 Å². The molecular formula is C10H12BrNO5. The van der Waals surface area contributed by atoms with E-state index in [-0.39, 0.29) is 13.2 Å². The van der Waals surface area contributed by atoms with Crippen molar-refractivity contribution < 1.29 is 19.9 Å². The Bertz CT molecular complexity index is 398. The summed E-state index contributed by atoms with van der Waals surface area (Å²) in [4.78, 5) is 9.73. The van der Waals surface area contributed by atoms with Crippen molar-refractivity contribution in [2.24, 2.45) is 0 Å². The topological polar surface area (TPSA) is 92.8 Å². The molecule has 1 atom stereocenters. The molecule has 2 N–H and O–H groups in total. The van der Waals surface area contributed by atoms with Crippen LogP contribution < -0.4 is 4.74 Å². The highest BCUT2D eigenvalue weighted by Crippen LogP contribution is 2.32. The van der Waals surface area contributed by atoms with E-state index in [1.165, 1.54) is 0 Å². The van der Waals surface area contributed by atoms with Gasteiger partial charge in [0, 0.05) is 10.5 Å². The minimum Gasteiger partial charge on any atom is -0.490 e. The fourth-order valence-corrected chi connectivity index (χ4v) is 1.93. The first-order valence-corrected chi connectivity index (χ1v) is 5.67. The van der Waals surface area contributed by atoms with Crippen molar-refractivity contribution in [2.45, 2.75) is 6.10 Å². The molecular weight excluding hydrogens is 294 g/mol. The number of rotatable bonds is 6. The number of benzene rings is 1. The smallest absolute Gasteiger partial charge is 0.233 e. The van der Waals surface area contributed by atoms with Crippen LogP contribution in [0, 0.1) is 10.1 Å². The minimum absolute atomic E-state index is 0.118. The predicted octanol–water partition coefficient (Wildman–Crippen LogP) is 1.13. The molecule has 1 aromatic carbocycles. The van der Waals surface area contributed by atoms with E-state index in [1.807, 2.05) is 0 Å². The minimum atomic E-state index is -1.20. The highest BCUT2D eigenvalue weighted by Gasteiger charge is 2.19. The van der Waals surface area contributed by atoms with Crippen LogP contribution in [0.3, 0.4) is 0 Å². The number of hydrogen-bond donors (Lipinski definition) is 2. The second kappa shape index (κ2) is 6.53. The molecule has 0 unspecified atom stereocenters. The Morgan fingerprint density at radius 1 is 1.53 bits per heavy atom. The Balaban J connectivity index is 2.89. The summed E-state index contributed by atoms with van der Waals surface area (Å²) >= 11 is 3.21. The molecule has 0 aliphatic carbocycles. The number of nitrogens with zero attached hydrogens (tertiary/aromatic N) is 1. The van der Waals surface area contributed by atoms with Crippen molar-refractivity contribution in [3.63, 3.8) is 0 Å². The van der Waals surface area contributed by atoms with Crippen LogP contribution in [-0.2, 0) is 0 Å². The zero-order valence-corrected chi connectivity index (χ0v) is 10.5. The number of ether oxygens (including phenoxy) is 1. The van der Waals surface area contributed by atoms with Gasteiger partial charge in [-0.1, -0.05) is 12.1 Å². The van der Waals surface area contributed by atoms with Crippen LogP contribution in [0.15, 0.2) is 22.7 Å². The molecule has 0 aliphatic rings. The van der Waals surface area contributed by atoms with Crippen LogP contribution in [0.5, 0.6) is 5.75 Å². The van der Waals surface area contributed by atoms with Crippen LogP contribution in [0.25, 0.3) is 0 Å². The van der Waals surface area contributed by atoms with Crippen molar-refractivity contribution in [3.8, 4) is 5.75 Å². The fraction of sp³-hybridized carbons (Fsp3) is 0.400. The normalized spacial score (nSPS) is 12.2. The standard InChI is InChI=1S/C10H12BrNO5/c11-10-7(8(14)6-12(15)16)2-1-3-9(10)17-5-4-13/h1-3,8,13-14H,4-6H2/t8-/m1/s1. The van der Waals surface area contributed by atoms with E-state index in [1.54, 1.807) is 18.2 Å². The maximum atomic E-state index is 10.3. The Morgan fingerprint density at radius 3 is 2.82 bits per heavy atom. The summed E-state index contributed by atoms with van der Waals surface area (Å²) in [6.45, 7) is -0.580. The van der Waals surface area contributed by atoms with Crippen LogP contribution >= 0.6 is 15.9 Å². The SMILES string of the molecule is O=[N+]([O-])C[C@@H](O)c1cccc(OCCO)c1Br. The lowest BCUT2D eigenvalue weighted by Gasteiger charge is -2.13. The molecule has 1 rings (SSSR count). The second-order valence-electron chi connectivity index (χ2n) is 3.26. The number of aliphatic hydroxyl groups excluding tert-OH is 2. The zero-order valence-electron chi connectivity index (χ0n) is 8.88. The predicted molar refractivity (Wildman–Crippen MR) is 63.5 cm³/mol. The van der Waals surface area contributed by atoms with Crippen molar-refractivity contribution in [1.29, 1.82) is 0 Å². The molecule has 0 bridgehead atoms. The summed E-state index contributed by atoms with van der Waals surface area (Å²) < 4.78 is 5.66. The summed E-state index contributed by atoms with van der Waals surface area (Å²) in [6.07, 6.45) is -1.20. The lowest BCUT2D eigenvalue weighted by atomic mass is 10.1. The first-order chi connectivity index (χ1) is 8.06. The van der Waals surface area contributed by atoms with E-state index in [2.05, 4.69) is 15.9 Å². The Morgan fingerprint density at radius 2 is 2.24 bits per heavy atom. The van der Waals surface area contributed by atoms with Gasteiger partial charge in [-0.15, -0.1) is 0 Å². The maximum absolute atomic E-state index is 10.3. The largest absolute Gasteiger partial charge is 0.490 e. The summed E-state index contributed by atoms with van der Waals surface area (Å²) in [6, 6.07) is 4.84. The van der Waals surface area contributed by atoms with E-state index in [9.17, 15) is 15.2 Å². The number of nitro groups is 1. The Kier molecular flexibility index (Phi) is 5.33. The fourth-order valence-electron chi connectivity index (χ4n) is 1.29. The molecule has 0 saturated carbocycles. The van der Waals surface area contributed by atoms with E-state index in [4.69, 9.17) is 9.84 Å². The molecule has 0 aliphatic heterocycles. The van der Waals surface area contributed by atoms with Gasteiger partial charge in [0.25, 0.3) is 0 Å². The summed E-state index contributed by atoms with van der Waals surface area (Å²) in [5.41, 5.74) is 0.386. The molecule has 6 nitrogen and oxygen atoms in total. The lowest BCUT2D eigenvalue weighted by Crippen LogP contribution is -2.13. The zero-order chi connectivity index (χ0) is 12.8. The maximum Gasteiger partial charge on any atom is 0.233 e. The lowest BCUT2D eigenvalue weighted by molar-refractivity contribution is -0.491. The molecule has 0 spiro atoms. The Hall–Kier alpha value is -1.18. The molecule has 0 heterocycles. The average molecular weight is 306 g/mol. The van der Waals surface area contributed by atoms with Gasteiger partial charge in [0.2, 0.25) is 6.54 Å². The van der Waals surface area contributed by atoms with Crippen LogP contribution in [0.4, 0.5) is 0 Å². The van der Waals surface area contributed by atoms with Crippen molar-refractivity contribution in [2.75, 3.05) is 19.8 Å². The summed E-state index contributed by atoms with van der Waals surface area (Å²) in [5.74, 6) is 0.430. The van der Waals surface area contributed by atoms with E-state index >= 15 is 0 Å². The monoisotopic (exact) mass is 305 g/mol. The van der Waals surface area contributed by atoms with Gasteiger partial charge >= 0.3 is 0 Å². The molecule has 94 valence electrons. The number of halogens is 1. The third-order valence-corrected chi connectivity index (χ3v) is 2.87. The van der Waals surface area contributed by atoms with Gasteiger partial charge in [-0.2, -0.15) is 0 Å². The van der Waals surface area contributed by atoms with Crippen molar-refractivity contribution >= 4 is 15.9 Å². The van der Waals surface area contributed by atoms with Gasteiger partial charge in [-0.05, 0) is 22.0 Å². The molecule has 0 radical (unpaired) electrons. The van der Waals surface area contributed by atoms with Crippen molar-refractivity contribution in [3.05, 3.63) is 38.3 Å². The van der Waals surface area contributed by atoms with Crippen LogP contribution in [0.2, 0.25) is 0 Å². The number of hydrogen-bond acceptors (Lipinski definition) is 5. The molecule has 7 heteroatoms. The summed E-state index contributed by atoms with van der Waals surface area (Å²) in [5, 5.41) is 28.6. The highest BCUT2D eigenvalue weighted by atomic mass is 79.9. The molecule has 0 amide bonds. The highest BCUT2D eigenvalue weighted by molar-refractivity contribution is 9.10. The van der Waals surface area contributed by atoms with Gasteiger partial charge in [0.15, 0.2) is 0 Å². The molecule has 0 saturated heterocycles. The number of aliphatic hydroxyl groups is 2. The molecule has 0 fully saturated rings. The van der Waals surface area contributed by atoms with Gasteiger partial charge in [-0.3, -0.25) is 10.1 Å². The van der Waals surface area contributed by atoms with Crippen LogP contribution in [0.1, 0.15) is 11.7 Å². The van der Waals surface area contributed by atoms with Crippen molar-refractivity contribution in [1.82, 2.24) is 0 Å². The van der Waals surface area contributed by atoms with E-state index in [0.29, 0.717) is 15.8 Å². The van der Waals surface area contributed by atoms with Crippen LogP contribution in [-0.4, -0.2) is 34.9 Å².